The first-order chi connectivity index (χ1) is 9.92. The predicted molar refractivity (Wildman–Crippen MR) is 95.6 cm³/mol. The van der Waals surface area contributed by atoms with Gasteiger partial charge in [0, 0.05) is 31.7 Å². The van der Waals surface area contributed by atoms with Gasteiger partial charge in [0.15, 0.2) is 0 Å². The van der Waals surface area contributed by atoms with Crippen LogP contribution in [0, 0.1) is 0 Å². The van der Waals surface area contributed by atoms with Crippen molar-refractivity contribution in [1.29, 1.82) is 0 Å². The zero-order chi connectivity index (χ0) is 14.3. The van der Waals surface area contributed by atoms with E-state index in [2.05, 4.69) is 63.1 Å². The number of rotatable bonds is 2. The van der Waals surface area contributed by atoms with Crippen LogP contribution in [0.3, 0.4) is 0 Å². The van der Waals surface area contributed by atoms with Gasteiger partial charge < -0.3 is 5.32 Å². The fourth-order valence-electron chi connectivity index (χ4n) is 3.77. The number of nitrogens with zero attached hydrogens (tertiary/aromatic N) is 1. The normalized spacial score (nSPS) is 22.7. The first-order valence-electron chi connectivity index (χ1n) is 7.81. The molecule has 2 fully saturated rings. The molecule has 0 unspecified atom stereocenters. The molecule has 2 aliphatic rings. The Morgan fingerprint density at radius 3 is 2.15 bits per heavy atom. The third kappa shape index (κ3) is 3.55. The number of piperazine rings is 1. The summed E-state index contributed by atoms with van der Waals surface area (Å²) in [5.41, 5.74) is 1.88. The highest BCUT2D eigenvalue weighted by atomic mass is 127. The molecule has 0 radical (unpaired) electrons. The van der Waals surface area contributed by atoms with Crippen molar-refractivity contribution in [2.45, 2.75) is 37.6 Å². The Kier molecular flexibility index (Phi) is 6.78. The van der Waals surface area contributed by atoms with Crippen LogP contribution in [0.4, 0.5) is 0 Å². The molecular formula is C17H27IN2. The fraction of sp³-hybridized carbons (Fsp3) is 0.647. The van der Waals surface area contributed by atoms with Crippen molar-refractivity contribution < 1.29 is 0 Å². The largest absolute Gasteiger partial charge is 0.314 e. The maximum Gasteiger partial charge on any atom is 0.0461 e. The third-order valence-corrected chi connectivity index (χ3v) is 4.71. The van der Waals surface area contributed by atoms with Crippen LogP contribution in [0.5, 0.6) is 0 Å². The van der Waals surface area contributed by atoms with E-state index in [1.807, 2.05) is 4.93 Å². The van der Waals surface area contributed by atoms with Crippen LogP contribution in [0.2, 0.25) is 0 Å². The summed E-state index contributed by atoms with van der Waals surface area (Å²) in [6.45, 7) is 4.70. The molecule has 1 saturated carbocycles. The number of halogens is 1. The van der Waals surface area contributed by atoms with Gasteiger partial charge >= 0.3 is 0 Å². The minimum absolute atomic E-state index is 0.335. The monoisotopic (exact) mass is 386 g/mol. The van der Waals surface area contributed by atoms with E-state index in [1.165, 1.54) is 45.2 Å². The van der Waals surface area contributed by atoms with Crippen molar-refractivity contribution in [3.8, 4) is 0 Å². The lowest BCUT2D eigenvalue weighted by atomic mass is 9.75. The molecule has 0 bridgehead atoms. The highest BCUT2D eigenvalue weighted by Crippen LogP contribution is 2.42. The van der Waals surface area contributed by atoms with Crippen LogP contribution in [0.15, 0.2) is 30.3 Å². The summed E-state index contributed by atoms with van der Waals surface area (Å²) in [6.07, 6.45) is 6.88. The van der Waals surface area contributed by atoms with Crippen LogP contribution in [-0.2, 0) is 5.54 Å². The Morgan fingerprint density at radius 1 is 0.950 bits per heavy atom. The van der Waals surface area contributed by atoms with Crippen LogP contribution in [0.25, 0.3) is 0 Å². The molecule has 1 aromatic rings. The SMILES string of the molecule is CI.c1ccc(C2(N3CCNCC3)CCCCC2)cc1. The lowest BCUT2D eigenvalue weighted by Crippen LogP contribution is -2.55. The van der Waals surface area contributed by atoms with Crippen LogP contribution < -0.4 is 5.32 Å². The maximum absolute atomic E-state index is 3.48. The van der Waals surface area contributed by atoms with E-state index in [9.17, 15) is 0 Å². The van der Waals surface area contributed by atoms with Gasteiger partial charge in [-0.25, -0.2) is 0 Å². The van der Waals surface area contributed by atoms with Gasteiger partial charge in [-0.05, 0) is 23.3 Å². The van der Waals surface area contributed by atoms with E-state index >= 15 is 0 Å². The Hall–Kier alpha value is -0.130. The summed E-state index contributed by atoms with van der Waals surface area (Å²) in [5, 5.41) is 3.48. The van der Waals surface area contributed by atoms with Gasteiger partial charge in [0.25, 0.3) is 0 Å². The maximum atomic E-state index is 3.48. The second kappa shape index (κ2) is 8.35. The van der Waals surface area contributed by atoms with E-state index in [0.29, 0.717) is 5.54 Å². The number of hydrogen-bond acceptors (Lipinski definition) is 2. The van der Waals surface area contributed by atoms with Gasteiger partial charge in [-0.15, -0.1) is 0 Å². The average Bonchev–Trinajstić information content (AvgIpc) is 2.59. The third-order valence-electron chi connectivity index (χ3n) is 4.71. The molecule has 2 nitrogen and oxygen atoms in total. The Bertz CT molecular complexity index is 368. The standard InChI is InChI=1S/C16H24N2.CH3I/c1-3-7-15(8-4-1)16(9-5-2-6-10-16)18-13-11-17-12-14-18;1-2/h1,3-4,7-8,17H,2,5-6,9-14H2;1H3. The van der Waals surface area contributed by atoms with Gasteiger partial charge in [-0.3, -0.25) is 4.90 Å². The van der Waals surface area contributed by atoms with Gasteiger partial charge in [0.2, 0.25) is 0 Å². The molecule has 1 aliphatic heterocycles. The molecule has 1 heterocycles. The van der Waals surface area contributed by atoms with Gasteiger partial charge in [0.1, 0.15) is 0 Å². The van der Waals surface area contributed by atoms with E-state index in [4.69, 9.17) is 0 Å². The second-order valence-corrected chi connectivity index (χ2v) is 5.70. The van der Waals surface area contributed by atoms with Crippen LogP contribution >= 0.6 is 22.6 Å². The number of alkyl halides is 1. The molecule has 3 rings (SSSR count). The zero-order valence-corrected chi connectivity index (χ0v) is 14.7. The van der Waals surface area contributed by atoms with Crippen molar-refractivity contribution in [1.82, 2.24) is 10.2 Å². The van der Waals surface area contributed by atoms with E-state index in [-0.39, 0.29) is 0 Å². The van der Waals surface area contributed by atoms with Gasteiger partial charge in [-0.1, -0.05) is 72.2 Å². The van der Waals surface area contributed by atoms with Crippen molar-refractivity contribution in [3.63, 3.8) is 0 Å². The fourth-order valence-corrected chi connectivity index (χ4v) is 3.77. The Labute approximate surface area is 137 Å². The number of benzene rings is 1. The van der Waals surface area contributed by atoms with Crippen molar-refractivity contribution in [2.24, 2.45) is 0 Å². The minimum Gasteiger partial charge on any atom is -0.314 e. The lowest BCUT2D eigenvalue weighted by Gasteiger charge is -2.48. The topological polar surface area (TPSA) is 15.3 Å². The molecule has 0 amide bonds. The van der Waals surface area contributed by atoms with E-state index in [1.54, 1.807) is 5.56 Å². The summed E-state index contributed by atoms with van der Waals surface area (Å²) in [6, 6.07) is 11.2. The van der Waals surface area contributed by atoms with Gasteiger partial charge in [-0.2, -0.15) is 0 Å². The van der Waals surface area contributed by atoms with E-state index in [0.717, 1.165) is 13.1 Å². The molecule has 0 spiro atoms. The van der Waals surface area contributed by atoms with Gasteiger partial charge in [0.05, 0.1) is 0 Å². The zero-order valence-electron chi connectivity index (χ0n) is 12.6. The van der Waals surface area contributed by atoms with E-state index < -0.39 is 0 Å². The minimum atomic E-state index is 0.335. The van der Waals surface area contributed by atoms with Crippen molar-refractivity contribution in [2.75, 3.05) is 31.1 Å². The molecule has 1 aliphatic carbocycles. The number of nitrogens with one attached hydrogen (secondary N) is 1. The molecule has 0 aromatic heterocycles. The molecule has 1 saturated heterocycles. The molecule has 112 valence electrons. The Balaban J connectivity index is 0.000000704. The highest BCUT2D eigenvalue weighted by Gasteiger charge is 2.39. The molecule has 0 atom stereocenters. The average molecular weight is 386 g/mol. The molecule has 1 N–H and O–H groups in total. The smallest absolute Gasteiger partial charge is 0.0461 e. The van der Waals surface area contributed by atoms with Crippen molar-refractivity contribution in [3.05, 3.63) is 35.9 Å². The summed E-state index contributed by atoms with van der Waals surface area (Å²) in [7, 11) is 0. The van der Waals surface area contributed by atoms with Crippen LogP contribution in [0.1, 0.15) is 37.7 Å². The molecule has 1 aromatic carbocycles. The molecule has 3 heteroatoms. The van der Waals surface area contributed by atoms with Crippen LogP contribution in [-0.4, -0.2) is 36.0 Å². The second-order valence-electron chi connectivity index (χ2n) is 5.70. The van der Waals surface area contributed by atoms with Crippen molar-refractivity contribution >= 4 is 22.6 Å². The molecule has 20 heavy (non-hydrogen) atoms. The molecular weight excluding hydrogens is 359 g/mol. The summed E-state index contributed by atoms with van der Waals surface area (Å²) >= 11 is 2.15. The summed E-state index contributed by atoms with van der Waals surface area (Å²) in [5.74, 6) is 0. The summed E-state index contributed by atoms with van der Waals surface area (Å²) < 4.78 is 0. The Morgan fingerprint density at radius 2 is 1.55 bits per heavy atom. The summed E-state index contributed by atoms with van der Waals surface area (Å²) in [4.78, 5) is 4.72. The first-order valence-corrected chi connectivity index (χ1v) is 9.97. The lowest BCUT2D eigenvalue weighted by molar-refractivity contribution is 0.0362. The number of hydrogen-bond donors (Lipinski definition) is 1. The quantitative estimate of drug-likeness (QED) is 0.615. The first kappa shape index (κ1) is 16.2. The highest BCUT2D eigenvalue weighted by molar-refractivity contribution is 14.1. The predicted octanol–water partition coefficient (Wildman–Crippen LogP) is 3.80.